The third-order valence-corrected chi connectivity index (χ3v) is 4.71. The van der Waals surface area contributed by atoms with Gasteiger partial charge < -0.3 is 10.6 Å². The van der Waals surface area contributed by atoms with Crippen molar-refractivity contribution in [2.24, 2.45) is 0 Å². The Hall–Kier alpha value is -3.35. The number of benzene rings is 1. The molecule has 1 saturated heterocycles. The number of hydrogen-bond acceptors (Lipinski definition) is 5. The molecule has 7 heteroatoms. The van der Waals surface area contributed by atoms with Crippen LogP contribution in [0.15, 0.2) is 55.0 Å². The zero-order valence-corrected chi connectivity index (χ0v) is 14.5. The van der Waals surface area contributed by atoms with E-state index in [-0.39, 0.29) is 23.7 Å². The van der Waals surface area contributed by atoms with Gasteiger partial charge in [-0.1, -0.05) is 12.1 Å². The molecule has 1 aromatic carbocycles. The molecule has 0 unspecified atom stereocenters. The number of nitrogens with zero attached hydrogens (tertiary/aromatic N) is 4. The lowest BCUT2D eigenvalue weighted by Crippen LogP contribution is -2.31. The molecule has 0 aliphatic carbocycles. The van der Waals surface area contributed by atoms with Gasteiger partial charge in [0.15, 0.2) is 0 Å². The monoisotopic (exact) mass is 363 g/mol. The van der Waals surface area contributed by atoms with Gasteiger partial charge in [0.25, 0.3) is 5.91 Å². The first-order chi connectivity index (χ1) is 13.1. The van der Waals surface area contributed by atoms with E-state index in [1.165, 1.54) is 12.1 Å². The minimum absolute atomic E-state index is 0.104. The van der Waals surface area contributed by atoms with Gasteiger partial charge in [0, 0.05) is 30.7 Å². The second-order valence-electron chi connectivity index (χ2n) is 6.44. The van der Waals surface area contributed by atoms with Gasteiger partial charge in [-0.2, -0.15) is 0 Å². The van der Waals surface area contributed by atoms with E-state index < -0.39 is 0 Å². The van der Waals surface area contributed by atoms with Crippen LogP contribution in [0.25, 0.3) is 11.1 Å². The topological polar surface area (TPSA) is 85.0 Å². The summed E-state index contributed by atoms with van der Waals surface area (Å²) in [6.07, 6.45) is 6.39. The fourth-order valence-corrected chi connectivity index (χ4v) is 3.49. The van der Waals surface area contributed by atoms with Gasteiger partial charge in [-0.25, -0.2) is 14.4 Å². The number of hydrogen-bond donors (Lipinski definition) is 1. The molecule has 6 nitrogen and oxygen atoms in total. The zero-order valence-electron chi connectivity index (χ0n) is 14.5. The molecule has 2 aromatic heterocycles. The number of aromatic nitrogens is 3. The first kappa shape index (κ1) is 17.1. The number of halogens is 1. The second-order valence-corrected chi connectivity index (χ2v) is 6.44. The average Bonchev–Trinajstić information content (AvgIpc) is 3.17. The molecule has 0 saturated carbocycles. The average molecular weight is 363 g/mol. The molecule has 1 aliphatic heterocycles. The number of pyridine rings is 1. The number of anilines is 1. The van der Waals surface area contributed by atoms with E-state index in [9.17, 15) is 9.18 Å². The van der Waals surface area contributed by atoms with Crippen molar-refractivity contribution in [2.75, 3.05) is 12.3 Å². The van der Waals surface area contributed by atoms with Gasteiger partial charge in [-0.15, -0.1) is 0 Å². The molecule has 136 valence electrons. The molecule has 3 aromatic rings. The summed E-state index contributed by atoms with van der Waals surface area (Å²) in [5.41, 5.74) is 8.33. The van der Waals surface area contributed by atoms with Gasteiger partial charge >= 0.3 is 0 Å². The van der Waals surface area contributed by atoms with Crippen LogP contribution in [0.3, 0.4) is 0 Å². The van der Waals surface area contributed by atoms with E-state index >= 15 is 0 Å². The summed E-state index contributed by atoms with van der Waals surface area (Å²) in [5, 5.41) is 0. The summed E-state index contributed by atoms with van der Waals surface area (Å²) < 4.78 is 13.7. The van der Waals surface area contributed by atoms with Crippen molar-refractivity contribution in [1.82, 2.24) is 19.9 Å². The van der Waals surface area contributed by atoms with Crippen molar-refractivity contribution in [1.29, 1.82) is 0 Å². The van der Waals surface area contributed by atoms with E-state index in [1.54, 1.807) is 47.8 Å². The molecule has 0 bridgehead atoms. The van der Waals surface area contributed by atoms with E-state index in [0.29, 0.717) is 28.9 Å². The smallest absolute Gasteiger partial charge is 0.255 e. The SMILES string of the molecule is Nc1ncc(-c2cccc(F)c2)c([C@@H]2CCCN2C(=O)c2cccnc2)n1. The second kappa shape index (κ2) is 7.11. The fourth-order valence-electron chi connectivity index (χ4n) is 3.49. The van der Waals surface area contributed by atoms with Crippen LogP contribution in [0.4, 0.5) is 10.3 Å². The molecular weight excluding hydrogens is 345 g/mol. The molecule has 2 N–H and O–H groups in total. The summed E-state index contributed by atoms with van der Waals surface area (Å²) >= 11 is 0. The van der Waals surface area contributed by atoms with Crippen LogP contribution in [0.1, 0.15) is 34.9 Å². The quantitative estimate of drug-likeness (QED) is 0.772. The third kappa shape index (κ3) is 3.36. The van der Waals surface area contributed by atoms with Crippen molar-refractivity contribution in [2.45, 2.75) is 18.9 Å². The van der Waals surface area contributed by atoms with E-state index in [2.05, 4.69) is 15.0 Å². The Kier molecular flexibility index (Phi) is 4.50. The van der Waals surface area contributed by atoms with Crippen molar-refractivity contribution in [3.8, 4) is 11.1 Å². The minimum atomic E-state index is -0.343. The van der Waals surface area contributed by atoms with Gasteiger partial charge in [0.05, 0.1) is 17.3 Å². The van der Waals surface area contributed by atoms with Crippen LogP contribution in [-0.2, 0) is 0 Å². The van der Waals surface area contributed by atoms with Gasteiger partial charge in [-0.05, 0) is 42.7 Å². The number of rotatable bonds is 3. The van der Waals surface area contributed by atoms with E-state index in [4.69, 9.17) is 5.73 Å². The van der Waals surface area contributed by atoms with Gasteiger partial charge in [-0.3, -0.25) is 9.78 Å². The number of nitrogen functional groups attached to an aromatic ring is 1. The predicted octanol–water partition coefficient (Wildman–Crippen LogP) is 3.24. The Morgan fingerprint density at radius 2 is 2.11 bits per heavy atom. The Bertz CT molecular complexity index is 979. The predicted molar refractivity (Wildman–Crippen MR) is 99.1 cm³/mol. The highest BCUT2D eigenvalue weighted by molar-refractivity contribution is 5.94. The highest BCUT2D eigenvalue weighted by atomic mass is 19.1. The van der Waals surface area contributed by atoms with Crippen molar-refractivity contribution in [3.05, 3.63) is 72.1 Å². The first-order valence-electron chi connectivity index (χ1n) is 8.73. The van der Waals surface area contributed by atoms with Crippen LogP contribution in [0.5, 0.6) is 0 Å². The first-order valence-corrected chi connectivity index (χ1v) is 8.73. The molecule has 1 fully saturated rings. The minimum Gasteiger partial charge on any atom is -0.368 e. The Balaban J connectivity index is 1.76. The molecule has 1 atom stereocenters. The number of likely N-dealkylation sites (tertiary alicyclic amines) is 1. The number of carbonyl (C=O) groups excluding carboxylic acids is 1. The van der Waals surface area contributed by atoms with E-state index in [0.717, 1.165) is 12.8 Å². The van der Waals surface area contributed by atoms with Crippen LogP contribution in [-0.4, -0.2) is 32.3 Å². The fraction of sp³-hybridized carbons (Fsp3) is 0.200. The van der Waals surface area contributed by atoms with Crippen LogP contribution in [0, 0.1) is 5.82 Å². The molecule has 1 aliphatic rings. The Morgan fingerprint density at radius 3 is 2.89 bits per heavy atom. The Labute approximate surface area is 155 Å². The number of nitrogens with two attached hydrogens (primary N) is 1. The zero-order chi connectivity index (χ0) is 18.8. The molecule has 3 heterocycles. The van der Waals surface area contributed by atoms with Gasteiger partial charge in [0.2, 0.25) is 5.95 Å². The molecule has 0 spiro atoms. The normalized spacial score (nSPS) is 16.5. The summed E-state index contributed by atoms with van der Waals surface area (Å²) in [6, 6.07) is 9.48. The largest absolute Gasteiger partial charge is 0.368 e. The van der Waals surface area contributed by atoms with E-state index in [1.807, 2.05) is 0 Å². The maximum absolute atomic E-state index is 13.7. The summed E-state index contributed by atoms with van der Waals surface area (Å²) in [4.78, 5) is 27.3. The molecule has 27 heavy (non-hydrogen) atoms. The molecule has 4 rings (SSSR count). The number of carbonyl (C=O) groups is 1. The maximum Gasteiger partial charge on any atom is 0.255 e. The van der Waals surface area contributed by atoms with Crippen LogP contribution >= 0.6 is 0 Å². The lowest BCUT2D eigenvalue weighted by Gasteiger charge is -2.26. The molecular formula is C20H18FN5O. The summed E-state index contributed by atoms with van der Waals surface area (Å²) in [7, 11) is 0. The lowest BCUT2D eigenvalue weighted by atomic mass is 9.99. The third-order valence-electron chi connectivity index (χ3n) is 4.71. The lowest BCUT2D eigenvalue weighted by molar-refractivity contribution is 0.0733. The standard InChI is InChI=1S/C20H18FN5O/c21-15-6-1-4-13(10-15)16-12-24-20(22)25-18(16)17-7-3-9-26(17)19(27)14-5-2-8-23-11-14/h1-2,4-6,8,10-12,17H,3,7,9H2,(H2,22,24,25)/t17-/m0/s1. The maximum atomic E-state index is 13.7. The molecule has 0 radical (unpaired) electrons. The number of amides is 1. The van der Waals surface area contributed by atoms with Crippen molar-refractivity contribution < 1.29 is 9.18 Å². The molecule has 1 amide bonds. The van der Waals surface area contributed by atoms with Gasteiger partial charge in [0.1, 0.15) is 5.82 Å². The van der Waals surface area contributed by atoms with Crippen molar-refractivity contribution in [3.63, 3.8) is 0 Å². The summed E-state index contributed by atoms with van der Waals surface area (Å²) in [6.45, 7) is 0.616. The summed E-state index contributed by atoms with van der Waals surface area (Å²) in [5.74, 6) is -0.316. The Morgan fingerprint density at radius 1 is 1.22 bits per heavy atom. The highest BCUT2D eigenvalue weighted by Crippen LogP contribution is 2.37. The highest BCUT2D eigenvalue weighted by Gasteiger charge is 2.33. The van der Waals surface area contributed by atoms with Crippen LogP contribution < -0.4 is 5.73 Å². The van der Waals surface area contributed by atoms with Crippen molar-refractivity contribution >= 4 is 11.9 Å². The van der Waals surface area contributed by atoms with Crippen LogP contribution in [0.2, 0.25) is 0 Å².